The van der Waals surface area contributed by atoms with E-state index in [1.165, 1.54) is 0 Å². The van der Waals surface area contributed by atoms with Gasteiger partial charge in [-0.05, 0) is 37.6 Å². The van der Waals surface area contributed by atoms with Crippen LogP contribution in [-0.2, 0) is 6.54 Å². The summed E-state index contributed by atoms with van der Waals surface area (Å²) < 4.78 is 0. The maximum Gasteiger partial charge on any atom is 0.118 e. The molecule has 0 fully saturated rings. The minimum absolute atomic E-state index is 0.324. The van der Waals surface area contributed by atoms with Crippen molar-refractivity contribution >= 4 is 5.69 Å². The van der Waals surface area contributed by atoms with E-state index in [-0.39, 0.29) is 0 Å². The topological polar surface area (TPSA) is 60.9 Å². The summed E-state index contributed by atoms with van der Waals surface area (Å²) in [5.74, 6) is 0.324. The summed E-state index contributed by atoms with van der Waals surface area (Å²) in [5.41, 5.74) is 4.08. The molecule has 2 aromatic rings. The summed E-state index contributed by atoms with van der Waals surface area (Å²) in [6.07, 6.45) is 1.82. The fourth-order valence-electron chi connectivity index (χ4n) is 1.52. The molecule has 4 nitrogen and oxygen atoms in total. The second-order valence-corrected chi connectivity index (χ2v) is 3.88. The largest absolute Gasteiger partial charge is 0.508 e. The summed E-state index contributed by atoms with van der Waals surface area (Å²) in [4.78, 5) is 0. The van der Waals surface area contributed by atoms with Crippen molar-refractivity contribution in [2.75, 3.05) is 5.32 Å². The normalized spacial score (nSPS) is 10.4. The molecular weight excluding hydrogens is 202 g/mol. The number of aromatic nitrogens is 2. The summed E-state index contributed by atoms with van der Waals surface area (Å²) in [5, 5.41) is 19.5. The van der Waals surface area contributed by atoms with Gasteiger partial charge in [0.2, 0.25) is 0 Å². The van der Waals surface area contributed by atoms with Crippen LogP contribution in [0.25, 0.3) is 0 Å². The van der Waals surface area contributed by atoms with Crippen molar-refractivity contribution in [2.24, 2.45) is 0 Å². The number of nitrogens with zero attached hydrogens (tertiary/aromatic N) is 1. The molecule has 1 aromatic heterocycles. The van der Waals surface area contributed by atoms with Crippen molar-refractivity contribution in [2.45, 2.75) is 20.4 Å². The summed E-state index contributed by atoms with van der Waals surface area (Å²) in [6, 6.07) is 5.47. The number of anilines is 1. The first kappa shape index (κ1) is 10.5. The van der Waals surface area contributed by atoms with Crippen LogP contribution in [-0.4, -0.2) is 15.3 Å². The van der Waals surface area contributed by atoms with E-state index < -0.39 is 0 Å². The maximum absolute atomic E-state index is 9.40. The number of hydrogen-bond donors (Lipinski definition) is 3. The second kappa shape index (κ2) is 4.26. The molecule has 0 aliphatic heterocycles. The third kappa shape index (κ3) is 2.16. The molecule has 0 saturated heterocycles. The van der Waals surface area contributed by atoms with Crippen LogP contribution in [0, 0.1) is 13.8 Å². The number of aryl methyl sites for hydroxylation is 2. The van der Waals surface area contributed by atoms with Gasteiger partial charge in [0.25, 0.3) is 0 Å². The van der Waals surface area contributed by atoms with Gasteiger partial charge in [0.15, 0.2) is 0 Å². The zero-order chi connectivity index (χ0) is 11.5. The van der Waals surface area contributed by atoms with Crippen molar-refractivity contribution in [1.82, 2.24) is 10.2 Å². The molecule has 4 heteroatoms. The molecular formula is C12H15N3O. The van der Waals surface area contributed by atoms with Crippen molar-refractivity contribution in [1.29, 1.82) is 0 Å². The van der Waals surface area contributed by atoms with Crippen molar-refractivity contribution in [3.05, 3.63) is 41.2 Å². The predicted molar refractivity (Wildman–Crippen MR) is 63.5 cm³/mol. The first-order valence-corrected chi connectivity index (χ1v) is 5.19. The van der Waals surface area contributed by atoms with Crippen LogP contribution < -0.4 is 5.32 Å². The van der Waals surface area contributed by atoms with Crippen LogP contribution in [0.4, 0.5) is 5.69 Å². The number of phenols is 1. The van der Waals surface area contributed by atoms with Crippen LogP contribution in [0.15, 0.2) is 24.4 Å². The van der Waals surface area contributed by atoms with E-state index >= 15 is 0 Å². The fraction of sp³-hybridized carbons (Fsp3) is 0.250. The number of aromatic amines is 1. The Kier molecular flexibility index (Phi) is 2.81. The van der Waals surface area contributed by atoms with Crippen LogP contribution in [0.1, 0.15) is 16.8 Å². The van der Waals surface area contributed by atoms with Crippen LogP contribution in [0.5, 0.6) is 5.75 Å². The maximum atomic E-state index is 9.40. The Morgan fingerprint density at radius 1 is 1.38 bits per heavy atom. The van der Waals surface area contributed by atoms with Gasteiger partial charge < -0.3 is 10.4 Å². The van der Waals surface area contributed by atoms with Gasteiger partial charge in [-0.2, -0.15) is 5.10 Å². The van der Waals surface area contributed by atoms with Crippen LogP contribution >= 0.6 is 0 Å². The lowest BCUT2D eigenvalue weighted by atomic mass is 10.2. The van der Waals surface area contributed by atoms with E-state index in [2.05, 4.69) is 15.5 Å². The highest BCUT2D eigenvalue weighted by atomic mass is 16.3. The molecule has 84 valence electrons. The minimum Gasteiger partial charge on any atom is -0.508 e. The van der Waals surface area contributed by atoms with Gasteiger partial charge in [-0.3, -0.25) is 5.10 Å². The molecule has 16 heavy (non-hydrogen) atoms. The molecule has 0 aliphatic rings. The number of nitrogens with one attached hydrogen (secondary N) is 2. The van der Waals surface area contributed by atoms with E-state index in [0.717, 1.165) is 29.1 Å². The third-order valence-corrected chi connectivity index (χ3v) is 2.61. The minimum atomic E-state index is 0.324. The van der Waals surface area contributed by atoms with Gasteiger partial charge in [-0.15, -0.1) is 0 Å². The number of rotatable bonds is 3. The third-order valence-electron chi connectivity index (χ3n) is 2.61. The Morgan fingerprint density at radius 2 is 2.19 bits per heavy atom. The predicted octanol–water partition coefficient (Wildman–Crippen LogP) is 2.34. The van der Waals surface area contributed by atoms with E-state index in [4.69, 9.17) is 0 Å². The number of benzene rings is 1. The van der Waals surface area contributed by atoms with Gasteiger partial charge in [0.05, 0.1) is 6.20 Å². The molecule has 0 amide bonds. The summed E-state index contributed by atoms with van der Waals surface area (Å²) in [7, 11) is 0. The Hall–Kier alpha value is -1.97. The van der Waals surface area contributed by atoms with Crippen molar-refractivity contribution < 1.29 is 5.11 Å². The van der Waals surface area contributed by atoms with Gasteiger partial charge in [0.1, 0.15) is 5.75 Å². The van der Waals surface area contributed by atoms with E-state index in [9.17, 15) is 5.11 Å². The van der Waals surface area contributed by atoms with Gasteiger partial charge in [0, 0.05) is 23.5 Å². The monoisotopic (exact) mass is 217 g/mol. The highest BCUT2D eigenvalue weighted by Crippen LogP contribution is 2.20. The average molecular weight is 217 g/mol. The van der Waals surface area contributed by atoms with Crippen molar-refractivity contribution in [3.8, 4) is 5.75 Å². The number of H-pyrrole nitrogens is 1. The first-order valence-electron chi connectivity index (χ1n) is 5.19. The Morgan fingerprint density at radius 3 is 2.81 bits per heavy atom. The molecule has 0 atom stereocenters. The quantitative estimate of drug-likeness (QED) is 0.691. The Bertz CT molecular complexity index is 491. The van der Waals surface area contributed by atoms with Gasteiger partial charge >= 0.3 is 0 Å². The Balaban J connectivity index is 2.05. The molecule has 0 saturated carbocycles. The molecule has 0 radical (unpaired) electrons. The van der Waals surface area contributed by atoms with Crippen LogP contribution in [0.2, 0.25) is 0 Å². The molecule has 1 heterocycles. The lowest BCUT2D eigenvalue weighted by Crippen LogP contribution is -1.99. The zero-order valence-electron chi connectivity index (χ0n) is 9.41. The second-order valence-electron chi connectivity index (χ2n) is 3.88. The fourth-order valence-corrected chi connectivity index (χ4v) is 1.52. The highest BCUT2D eigenvalue weighted by molar-refractivity contribution is 5.50. The SMILES string of the molecule is Cc1cc(NCc2cn[nH]c2C)ccc1O. The average Bonchev–Trinajstić information content (AvgIpc) is 2.66. The number of phenolic OH excluding ortho intramolecular Hbond substituents is 1. The first-order chi connectivity index (χ1) is 7.66. The molecule has 0 unspecified atom stereocenters. The zero-order valence-corrected chi connectivity index (χ0v) is 9.41. The van der Waals surface area contributed by atoms with E-state index in [1.54, 1.807) is 6.07 Å². The summed E-state index contributed by atoms with van der Waals surface area (Å²) >= 11 is 0. The van der Waals surface area contributed by atoms with Gasteiger partial charge in [-0.1, -0.05) is 0 Å². The number of hydrogen-bond acceptors (Lipinski definition) is 3. The number of aromatic hydroxyl groups is 1. The van der Waals surface area contributed by atoms with Gasteiger partial charge in [-0.25, -0.2) is 0 Å². The molecule has 0 spiro atoms. The lowest BCUT2D eigenvalue weighted by molar-refractivity contribution is 0.471. The van der Waals surface area contributed by atoms with E-state index in [1.807, 2.05) is 32.2 Å². The molecule has 0 bridgehead atoms. The van der Waals surface area contributed by atoms with Crippen LogP contribution in [0.3, 0.4) is 0 Å². The van der Waals surface area contributed by atoms with Crippen molar-refractivity contribution in [3.63, 3.8) is 0 Å². The molecule has 0 aliphatic carbocycles. The molecule has 3 N–H and O–H groups in total. The lowest BCUT2D eigenvalue weighted by Gasteiger charge is -2.07. The standard InChI is InChI=1S/C12H15N3O/c1-8-5-11(3-4-12(8)16)13-6-10-7-14-15-9(10)2/h3-5,7,13,16H,6H2,1-2H3,(H,14,15). The highest BCUT2D eigenvalue weighted by Gasteiger charge is 2.01. The molecule has 1 aromatic carbocycles. The summed E-state index contributed by atoms with van der Waals surface area (Å²) in [6.45, 7) is 4.60. The molecule has 2 rings (SSSR count). The smallest absolute Gasteiger partial charge is 0.118 e. The Labute approximate surface area is 94.3 Å². The van der Waals surface area contributed by atoms with E-state index in [0.29, 0.717) is 5.75 Å².